The molecule has 2 aromatic carbocycles. The van der Waals surface area contributed by atoms with Crippen molar-refractivity contribution in [2.24, 2.45) is 5.73 Å². The first-order valence-electron chi connectivity index (χ1n) is 8.78. The molecule has 6 heteroatoms. The lowest BCUT2D eigenvalue weighted by Gasteiger charge is -2.36. The number of hydrogen-bond donors (Lipinski definition) is 2. The number of carbonyl (C=O) groups is 1. The standard InChI is InChI=1S/C21H22FN3O2/c1-13-8-9-17-20(25(13)14(2)26)19(22)10-18(15(11-23)12-24)21(17)27-16-6-4-3-5-7-16/h3-7,10-13,23H,8-9,24H2,1-2H3/b15-12+,23-11?. The number of allylic oxidation sites excluding steroid dienone is 1. The fourth-order valence-electron chi connectivity index (χ4n) is 3.49. The number of benzene rings is 2. The molecule has 1 aliphatic heterocycles. The highest BCUT2D eigenvalue weighted by Gasteiger charge is 2.33. The van der Waals surface area contributed by atoms with E-state index in [0.29, 0.717) is 41.0 Å². The maximum absolute atomic E-state index is 15.1. The molecule has 0 fully saturated rings. The van der Waals surface area contributed by atoms with E-state index in [9.17, 15) is 4.79 Å². The Hall–Kier alpha value is -3.15. The Morgan fingerprint density at radius 1 is 1.37 bits per heavy atom. The first-order chi connectivity index (χ1) is 13.0. The number of halogens is 1. The Morgan fingerprint density at radius 3 is 2.67 bits per heavy atom. The summed E-state index contributed by atoms with van der Waals surface area (Å²) in [4.78, 5) is 13.7. The van der Waals surface area contributed by atoms with Crippen LogP contribution >= 0.6 is 0 Å². The second-order valence-electron chi connectivity index (χ2n) is 6.52. The van der Waals surface area contributed by atoms with Crippen molar-refractivity contribution in [3.8, 4) is 11.5 Å². The summed E-state index contributed by atoms with van der Waals surface area (Å²) in [7, 11) is 0. The van der Waals surface area contributed by atoms with Crippen molar-refractivity contribution in [2.75, 3.05) is 4.90 Å². The number of nitrogens with two attached hydrogens (primary N) is 1. The molecule has 140 valence electrons. The van der Waals surface area contributed by atoms with E-state index in [4.69, 9.17) is 15.9 Å². The van der Waals surface area contributed by atoms with E-state index in [1.165, 1.54) is 24.1 Å². The van der Waals surface area contributed by atoms with Crippen molar-refractivity contribution in [1.29, 1.82) is 5.41 Å². The highest BCUT2D eigenvalue weighted by Crippen LogP contribution is 2.44. The van der Waals surface area contributed by atoms with Gasteiger partial charge in [0.2, 0.25) is 5.91 Å². The number of fused-ring (bicyclic) bond motifs is 1. The predicted octanol–water partition coefficient (Wildman–Crippen LogP) is 4.25. The van der Waals surface area contributed by atoms with Crippen LogP contribution in [0.1, 0.15) is 31.4 Å². The van der Waals surface area contributed by atoms with Gasteiger partial charge in [-0.1, -0.05) is 18.2 Å². The largest absolute Gasteiger partial charge is 0.456 e. The van der Waals surface area contributed by atoms with E-state index in [0.717, 1.165) is 6.21 Å². The Balaban J connectivity index is 2.27. The van der Waals surface area contributed by atoms with Crippen molar-refractivity contribution in [1.82, 2.24) is 0 Å². The highest BCUT2D eigenvalue weighted by molar-refractivity contribution is 6.10. The van der Waals surface area contributed by atoms with Crippen LogP contribution in [0.5, 0.6) is 11.5 Å². The van der Waals surface area contributed by atoms with Crippen molar-refractivity contribution in [3.05, 3.63) is 59.5 Å². The summed E-state index contributed by atoms with van der Waals surface area (Å²) < 4.78 is 21.2. The topological polar surface area (TPSA) is 79.4 Å². The third-order valence-corrected chi connectivity index (χ3v) is 4.74. The molecule has 1 heterocycles. The SMILES string of the molecule is CC(=O)N1c2c(F)cc(/C(C=N)=C/N)c(Oc3ccccc3)c2CCC1C. The summed E-state index contributed by atoms with van der Waals surface area (Å²) in [5.74, 6) is 0.267. The average molecular weight is 367 g/mol. The molecule has 1 aliphatic rings. The van der Waals surface area contributed by atoms with Crippen LogP contribution in [0.2, 0.25) is 0 Å². The molecular formula is C21H22FN3O2. The fourth-order valence-corrected chi connectivity index (χ4v) is 3.49. The zero-order valence-corrected chi connectivity index (χ0v) is 15.3. The molecule has 0 aromatic heterocycles. The maximum atomic E-state index is 15.1. The second kappa shape index (κ2) is 7.61. The molecule has 5 nitrogen and oxygen atoms in total. The van der Waals surface area contributed by atoms with Crippen molar-refractivity contribution in [2.45, 2.75) is 32.7 Å². The number of rotatable bonds is 4. The quantitative estimate of drug-likeness (QED) is 0.793. The van der Waals surface area contributed by atoms with Gasteiger partial charge in [0.25, 0.3) is 0 Å². The third-order valence-electron chi connectivity index (χ3n) is 4.74. The van der Waals surface area contributed by atoms with E-state index in [2.05, 4.69) is 0 Å². The lowest BCUT2D eigenvalue weighted by molar-refractivity contribution is -0.117. The van der Waals surface area contributed by atoms with Gasteiger partial charge in [0.05, 0.1) is 5.69 Å². The van der Waals surface area contributed by atoms with Crippen molar-refractivity contribution >= 4 is 23.4 Å². The Labute approximate surface area is 157 Å². The van der Waals surface area contributed by atoms with Gasteiger partial charge < -0.3 is 20.8 Å². The lowest BCUT2D eigenvalue weighted by Crippen LogP contribution is -2.41. The Kier molecular flexibility index (Phi) is 5.26. The van der Waals surface area contributed by atoms with Gasteiger partial charge in [-0.15, -0.1) is 0 Å². The maximum Gasteiger partial charge on any atom is 0.224 e. The van der Waals surface area contributed by atoms with Gasteiger partial charge in [-0.3, -0.25) is 4.79 Å². The molecule has 0 radical (unpaired) electrons. The highest BCUT2D eigenvalue weighted by atomic mass is 19.1. The minimum atomic E-state index is -0.525. The second-order valence-corrected chi connectivity index (χ2v) is 6.52. The summed E-state index contributed by atoms with van der Waals surface area (Å²) in [6.45, 7) is 3.33. The monoisotopic (exact) mass is 367 g/mol. The van der Waals surface area contributed by atoms with Gasteiger partial charge in [0, 0.05) is 42.1 Å². The number of anilines is 1. The summed E-state index contributed by atoms with van der Waals surface area (Å²) in [5, 5.41) is 7.61. The number of nitrogens with zero attached hydrogens (tertiary/aromatic N) is 1. The first kappa shape index (κ1) is 18.6. The number of para-hydroxylation sites is 1. The van der Waals surface area contributed by atoms with E-state index >= 15 is 4.39 Å². The van der Waals surface area contributed by atoms with E-state index < -0.39 is 5.82 Å². The predicted molar refractivity (Wildman–Crippen MR) is 105 cm³/mol. The molecule has 1 atom stereocenters. The molecule has 0 aliphatic carbocycles. The van der Waals surface area contributed by atoms with Crippen LogP contribution in [-0.2, 0) is 11.2 Å². The summed E-state index contributed by atoms with van der Waals surface area (Å²) >= 11 is 0. The van der Waals surface area contributed by atoms with E-state index in [1.54, 1.807) is 12.1 Å². The number of amides is 1. The van der Waals surface area contributed by atoms with Crippen LogP contribution < -0.4 is 15.4 Å². The molecule has 3 rings (SSSR count). The van der Waals surface area contributed by atoms with Crippen molar-refractivity contribution in [3.63, 3.8) is 0 Å². The molecular weight excluding hydrogens is 345 g/mol. The summed E-state index contributed by atoms with van der Waals surface area (Å²) in [6, 6.07) is 10.3. The molecule has 2 aromatic rings. The Morgan fingerprint density at radius 2 is 2.07 bits per heavy atom. The molecule has 1 unspecified atom stereocenters. The molecule has 1 amide bonds. The number of ether oxygens (including phenoxy) is 1. The van der Waals surface area contributed by atoms with E-state index in [-0.39, 0.29) is 17.6 Å². The third kappa shape index (κ3) is 3.43. The Bertz CT molecular complexity index is 909. The normalized spacial score (nSPS) is 16.6. The zero-order valence-electron chi connectivity index (χ0n) is 15.3. The van der Waals surface area contributed by atoms with Crippen LogP contribution in [0.4, 0.5) is 10.1 Å². The summed E-state index contributed by atoms with van der Waals surface area (Å²) in [6.07, 6.45) is 3.56. The van der Waals surface area contributed by atoms with Crippen LogP contribution in [0.15, 0.2) is 42.6 Å². The van der Waals surface area contributed by atoms with Gasteiger partial charge in [-0.05, 0) is 38.0 Å². The van der Waals surface area contributed by atoms with Gasteiger partial charge in [0.1, 0.15) is 17.3 Å². The van der Waals surface area contributed by atoms with Crippen LogP contribution in [0.3, 0.4) is 0 Å². The molecule has 0 bridgehead atoms. The van der Waals surface area contributed by atoms with Crippen LogP contribution in [0.25, 0.3) is 5.57 Å². The average Bonchev–Trinajstić information content (AvgIpc) is 2.66. The van der Waals surface area contributed by atoms with Crippen LogP contribution in [-0.4, -0.2) is 18.2 Å². The minimum absolute atomic E-state index is 0.104. The number of carbonyl (C=O) groups excluding carboxylic acids is 1. The van der Waals surface area contributed by atoms with Gasteiger partial charge >= 0.3 is 0 Å². The minimum Gasteiger partial charge on any atom is -0.456 e. The molecule has 0 saturated carbocycles. The van der Waals surface area contributed by atoms with Gasteiger partial charge in [0.15, 0.2) is 0 Å². The molecule has 0 spiro atoms. The first-order valence-corrected chi connectivity index (χ1v) is 8.78. The summed E-state index contributed by atoms with van der Waals surface area (Å²) in [5.41, 5.74) is 7.24. The zero-order chi connectivity index (χ0) is 19.6. The smallest absolute Gasteiger partial charge is 0.224 e. The molecule has 27 heavy (non-hydrogen) atoms. The number of hydrogen-bond acceptors (Lipinski definition) is 4. The van der Waals surface area contributed by atoms with E-state index in [1.807, 2.05) is 25.1 Å². The fraction of sp³-hybridized carbons (Fsp3) is 0.238. The van der Waals surface area contributed by atoms with Crippen LogP contribution in [0, 0.1) is 11.2 Å². The van der Waals surface area contributed by atoms with Crippen molar-refractivity contribution < 1.29 is 13.9 Å². The lowest BCUT2D eigenvalue weighted by atomic mass is 9.91. The molecule has 0 saturated heterocycles. The van der Waals surface area contributed by atoms with Gasteiger partial charge in [-0.25, -0.2) is 4.39 Å². The van der Waals surface area contributed by atoms with Gasteiger partial charge in [-0.2, -0.15) is 0 Å². The molecule has 3 N–H and O–H groups in total. The number of nitrogens with one attached hydrogen (secondary N) is 1.